The van der Waals surface area contributed by atoms with E-state index in [1.54, 1.807) is 42.6 Å². The minimum absolute atomic E-state index is 0.0887. The van der Waals surface area contributed by atoms with Crippen LogP contribution in [-0.2, 0) is 12.7 Å². The Morgan fingerprint density at radius 3 is 2.58 bits per heavy atom. The van der Waals surface area contributed by atoms with Crippen molar-refractivity contribution in [2.45, 2.75) is 19.6 Å². The molecule has 4 aromatic rings. The standard InChI is InChI=1S/C29H26ClF3N6O/c1-19-3-4-22(15-21(19)5-6-25-17-34-27-8-7-26(30)36-39(25)27)28(40)35-24-14-20(13-23(16-24)29(31,32)33)18-38-11-9-37(2)10-12-38/h3-4,7-8,13-17H,9-12,18H2,1-2H3,(H,35,40). The van der Waals surface area contributed by atoms with Crippen LogP contribution in [0, 0.1) is 18.8 Å². The van der Waals surface area contributed by atoms with E-state index in [2.05, 4.69) is 37.0 Å². The van der Waals surface area contributed by atoms with Crippen LogP contribution in [0.2, 0.25) is 5.15 Å². The van der Waals surface area contributed by atoms with E-state index in [1.807, 2.05) is 14.0 Å². The molecule has 1 aliphatic heterocycles. The molecule has 1 saturated heterocycles. The summed E-state index contributed by atoms with van der Waals surface area (Å²) in [6.07, 6.45) is -2.97. The summed E-state index contributed by atoms with van der Waals surface area (Å²) in [6.45, 7) is 5.45. The van der Waals surface area contributed by atoms with Crippen LogP contribution in [0.5, 0.6) is 0 Å². The van der Waals surface area contributed by atoms with Gasteiger partial charge in [0.1, 0.15) is 10.8 Å². The maximum atomic E-state index is 13.7. The van der Waals surface area contributed by atoms with Gasteiger partial charge in [-0.3, -0.25) is 9.69 Å². The molecule has 3 heterocycles. The Balaban J connectivity index is 1.38. The van der Waals surface area contributed by atoms with Gasteiger partial charge in [0, 0.05) is 49.5 Å². The SMILES string of the molecule is Cc1ccc(C(=O)Nc2cc(CN3CCN(C)CC3)cc(C(F)(F)F)c2)cc1C#Cc1cnc2ccc(Cl)nn12. The topological polar surface area (TPSA) is 65.8 Å². The van der Waals surface area contributed by atoms with Crippen LogP contribution >= 0.6 is 11.6 Å². The Morgan fingerprint density at radius 1 is 1.05 bits per heavy atom. The van der Waals surface area contributed by atoms with Crippen LogP contribution < -0.4 is 5.32 Å². The summed E-state index contributed by atoms with van der Waals surface area (Å²) in [5.41, 5.74) is 2.58. The van der Waals surface area contributed by atoms with E-state index in [1.165, 1.54) is 4.52 Å². The first-order valence-corrected chi connectivity index (χ1v) is 13.0. The smallest absolute Gasteiger partial charge is 0.322 e. The van der Waals surface area contributed by atoms with E-state index in [9.17, 15) is 18.0 Å². The molecule has 1 N–H and O–H groups in total. The number of fused-ring (bicyclic) bond motifs is 1. The Bertz CT molecular complexity index is 1630. The van der Waals surface area contributed by atoms with E-state index in [4.69, 9.17) is 11.6 Å². The number of aryl methyl sites for hydroxylation is 1. The van der Waals surface area contributed by atoms with Crippen molar-refractivity contribution in [3.63, 3.8) is 0 Å². The largest absolute Gasteiger partial charge is 0.416 e. The fraction of sp³-hybridized carbons (Fsp3) is 0.276. The number of imidazole rings is 1. The molecule has 0 saturated carbocycles. The molecule has 7 nitrogen and oxygen atoms in total. The molecule has 1 fully saturated rings. The monoisotopic (exact) mass is 566 g/mol. The number of anilines is 1. The Kier molecular flexibility index (Phi) is 7.81. The van der Waals surface area contributed by atoms with Gasteiger partial charge >= 0.3 is 6.18 Å². The maximum Gasteiger partial charge on any atom is 0.416 e. The lowest BCUT2D eigenvalue weighted by molar-refractivity contribution is -0.137. The quantitative estimate of drug-likeness (QED) is 0.348. The number of piperazine rings is 1. The number of nitrogens with one attached hydrogen (secondary N) is 1. The number of halogens is 4. The third kappa shape index (κ3) is 6.45. The predicted octanol–water partition coefficient (Wildman–Crippen LogP) is 5.11. The van der Waals surface area contributed by atoms with Gasteiger partial charge in [-0.2, -0.15) is 18.3 Å². The van der Waals surface area contributed by atoms with Crippen molar-refractivity contribution in [2.24, 2.45) is 0 Å². The highest BCUT2D eigenvalue weighted by Crippen LogP contribution is 2.32. The second-order valence-corrected chi connectivity index (χ2v) is 10.2. The zero-order chi connectivity index (χ0) is 28.4. The number of carbonyl (C=O) groups excluding carboxylic acids is 1. The van der Waals surface area contributed by atoms with Gasteiger partial charge < -0.3 is 10.2 Å². The lowest BCUT2D eigenvalue weighted by atomic mass is 10.0. The lowest BCUT2D eigenvalue weighted by Crippen LogP contribution is -2.43. The van der Waals surface area contributed by atoms with Crippen molar-refractivity contribution < 1.29 is 18.0 Å². The first-order chi connectivity index (χ1) is 19.0. The molecule has 2 aromatic carbocycles. The van der Waals surface area contributed by atoms with Crippen LogP contribution in [0.3, 0.4) is 0 Å². The average Bonchev–Trinajstić information content (AvgIpc) is 3.30. The lowest BCUT2D eigenvalue weighted by Gasteiger charge is -2.32. The number of amides is 1. The Morgan fingerprint density at radius 2 is 1.82 bits per heavy atom. The highest BCUT2D eigenvalue weighted by molar-refractivity contribution is 6.29. The number of hydrogen-bond acceptors (Lipinski definition) is 5. The first-order valence-electron chi connectivity index (χ1n) is 12.6. The molecule has 1 aliphatic rings. The third-order valence-corrected chi connectivity index (χ3v) is 6.94. The van der Waals surface area contributed by atoms with Crippen LogP contribution in [0.25, 0.3) is 5.65 Å². The second kappa shape index (κ2) is 11.3. The molecule has 5 rings (SSSR count). The first kappa shape index (κ1) is 27.6. The molecule has 0 atom stereocenters. The van der Waals surface area contributed by atoms with E-state index in [0.717, 1.165) is 43.9 Å². The predicted molar refractivity (Wildman–Crippen MR) is 147 cm³/mol. The van der Waals surface area contributed by atoms with Gasteiger partial charge in [-0.25, -0.2) is 9.50 Å². The maximum absolute atomic E-state index is 13.7. The van der Waals surface area contributed by atoms with Crippen LogP contribution in [0.1, 0.15) is 38.3 Å². The number of alkyl halides is 3. The summed E-state index contributed by atoms with van der Waals surface area (Å²) >= 11 is 5.99. The number of aromatic nitrogens is 3. The van der Waals surface area contributed by atoms with Gasteiger partial charge in [-0.1, -0.05) is 23.6 Å². The van der Waals surface area contributed by atoms with Crippen molar-refractivity contribution in [1.29, 1.82) is 0 Å². The second-order valence-electron chi connectivity index (χ2n) is 9.80. The van der Waals surface area contributed by atoms with E-state index in [-0.39, 0.29) is 11.3 Å². The summed E-state index contributed by atoms with van der Waals surface area (Å²) in [4.78, 5) is 21.7. The van der Waals surface area contributed by atoms with Gasteiger partial charge in [0.2, 0.25) is 0 Å². The van der Waals surface area contributed by atoms with E-state index in [0.29, 0.717) is 34.2 Å². The van der Waals surface area contributed by atoms with Gasteiger partial charge in [0.25, 0.3) is 5.91 Å². The number of rotatable bonds is 4. The molecule has 11 heteroatoms. The number of hydrogen-bond donors (Lipinski definition) is 1. The van der Waals surface area contributed by atoms with Crippen molar-refractivity contribution in [3.8, 4) is 11.8 Å². The van der Waals surface area contributed by atoms with Gasteiger partial charge in [0.05, 0.1) is 11.8 Å². The molecular formula is C29H26ClF3N6O. The molecule has 0 spiro atoms. The molecule has 206 valence electrons. The molecule has 1 amide bonds. The normalized spacial score (nSPS) is 14.7. The molecule has 2 aromatic heterocycles. The van der Waals surface area contributed by atoms with Crippen molar-refractivity contribution in [1.82, 2.24) is 24.4 Å². The molecule has 0 unspecified atom stereocenters. The van der Waals surface area contributed by atoms with Crippen LogP contribution in [-0.4, -0.2) is 63.5 Å². The number of carbonyl (C=O) groups is 1. The average molecular weight is 567 g/mol. The van der Waals surface area contributed by atoms with Gasteiger partial charge in [-0.05, 0) is 73.5 Å². The summed E-state index contributed by atoms with van der Waals surface area (Å²) < 4.78 is 42.6. The van der Waals surface area contributed by atoms with Crippen LogP contribution in [0.15, 0.2) is 54.7 Å². The summed E-state index contributed by atoms with van der Waals surface area (Å²) in [7, 11) is 2.02. The zero-order valence-electron chi connectivity index (χ0n) is 21.9. The minimum Gasteiger partial charge on any atom is -0.322 e. The molecule has 0 aliphatic carbocycles. The fourth-order valence-electron chi connectivity index (χ4n) is 4.45. The van der Waals surface area contributed by atoms with Gasteiger partial charge in [0.15, 0.2) is 5.65 Å². The van der Waals surface area contributed by atoms with Crippen molar-refractivity contribution in [3.05, 3.63) is 93.4 Å². The third-order valence-electron chi connectivity index (χ3n) is 6.73. The number of likely N-dealkylation sites (N-methyl/N-ethyl adjacent to an activating group) is 1. The molecule has 0 bridgehead atoms. The summed E-state index contributed by atoms with van der Waals surface area (Å²) in [5, 5.41) is 7.15. The summed E-state index contributed by atoms with van der Waals surface area (Å²) in [5.74, 6) is 5.52. The Hall–Kier alpha value is -3.91. The van der Waals surface area contributed by atoms with Gasteiger partial charge in [-0.15, -0.1) is 0 Å². The fourth-order valence-corrected chi connectivity index (χ4v) is 4.59. The van der Waals surface area contributed by atoms with Crippen molar-refractivity contribution >= 4 is 28.8 Å². The highest BCUT2D eigenvalue weighted by atomic mass is 35.5. The summed E-state index contributed by atoms with van der Waals surface area (Å²) in [6, 6.07) is 12.0. The van der Waals surface area contributed by atoms with E-state index >= 15 is 0 Å². The molecular weight excluding hydrogens is 541 g/mol. The number of benzene rings is 2. The Labute approximate surface area is 234 Å². The van der Waals surface area contributed by atoms with Crippen LogP contribution in [0.4, 0.5) is 18.9 Å². The van der Waals surface area contributed by atoms with E-state index < -0.39 is 17.6 Å². The van der Waals surface area contributed by atoms with Crippen molar-refractivity contribution in [2.75, 3.05) is 38.5 Å². The zero-order valence-corrected chi connectivity index (χ0v) is 22.6. The molecule has 40 heavy (non-hydrogen) atoms. The minimum atomic E-state index is -4.54. The number of nitrogens with zero attached hydrogens (tertiary/aromatic N) is 5. The highest BCUT2D eigenvalue weighted by Gasteiger charge is 2.31. The molecule has 0 radical (unpaired) electrons.